The summed E-state index contributed by atoms with van der Waals surface area (Å²) in [5.74, 6) is 1.06. The van der Waals surface area contributed by atoms with E-state index in [1.165, 1.54) is 4.90 Å². The number of ether oxygens (including phenoxy) is 2. The minimum absolute atomic E-state index is 0.414. The van der Waals surface area contributed by atoms with E-state index in [0.717, 1.165) is 43.9 Å². The number of carbonyl (C=O) groups is 1. The Kier molecular flexibility index (Phi) is 6.10. The highest BCUT2D eigenvalue weighted by Gasteiger charge is 2.12. The number of amides is 1. The average Bonchev–Trinajstić information content (AvgIpc) is 3.18. The van der Waals surface area contributed by atoms with Crippen LogP contribution in [-0.4, -0.2) is 83.9 Å². The molecule has 0 atom stereocenters. The summed E-state index contributed by atoms with van der Waals surface area (Å²) in [4.78, 5) is 20.1. The molecule has 9 heteroatoms. The molecule has 158 valence electrons. The smallest absolute Gasteiger partial charge is 0.414 e. The van der Waals surface area contributed by atoms with Crippen LogP contribution in [0.3, 0.4) is 0 Å². The minimum atomic E-state index is -0.414. The van der Waals surface area contributed by atoms with Gasteiger partial charge in [-0.2, -0.15) is 10.1 Å². The third kappa shape index (κ3) is 4.69. The first-order valence-electron chi connectivity index (χ1n) is 10.00. The van der Waals surface area contributed by atoms with Crippen molar-refractivity contribution >= 4 is 11.7 Å². The summed E-state index contributed by atoms with van der Waals surface area (Å²) in [6, 6.07) is 9.11. The van der Waals surface area contributed by atoms with Gasteiger partial charge in [-0.3, -0.25) is 4.90 Å². The van der Waals surface area contributed by atoms with Crippen LogP contribution in [0.15, 0.2) is 42.7 Å². The number of hydrogen-bond donors (Lipinski definition) is 1. The van der Waals surface area contributed by atoms with E-state index >= 15 is 0 Å². The summed E-state index contributed by atoms with van der Waals surface area (Å²) in [6.45, 7) is 5.62. The van der Waals surface area contributed by atoms with Crippen molar-refractivity contribution in [2.24, 2.45) is 0 Å². The Labute approximate surface area is 175 Å². The number of hydrogen-bond acceptors (Lipinski definition) is 7. The molecule has 0 aliphatic carbocycles. The van der Waals surface area contributed by atoms with Crippen molar-refractivity contribution in [1.29, 1.82) is 0 Å². The van der Waals surface area contributed by atoms with Crippen LogP contribution in [0.4, 0.5) is 4.79 Å². The van der Waals surface area contributed by atoms with Crippen molar-refractivity contribution in [3.05, 3.63) is 42.7 Å². The number of rotatable bonds is 6. The van der Waals surface area contributed by atoms with E-state index in [2.05, 4.69) is 20.3 Å². The van der Waals surface area contributed by atoms with Crippen molar-refractivity contribution in [2.45, 2.75) is 0 Å². The summed E-state index contributed by atoms with van der Waals surface area (Å²) < 4.78 is 12.9. The molecule has 2 aromatic heterocycles. The molecule has 1 aliphatic heterocycles. The van der Waals surface area contributed by atoms with Gasteiger partial charge in [-0.1, -0.05) is 12.1 Å². The Bertz CT molecular complexity index is 996. The molecule has 0 bridgehead atoms. The fourth-order valence-corrected chi connectivity index (χ4v) is 3.25. The lowest BCUT2D eigenvalue weighted by Crippen LogP contribution is -2.44. The number of nitrogens with zero attached hydrogens (tertiary/aromatic N) is 5. The van der Waals surface area contributed by atoms with Crippen LogP contribution in [0.5, 0.6) is 11.6 Å². The zero-order valence-corrected chi connectivity index (χ0v) is 17.2. The zero-order valence-electron chi connectivity index (χ0n) is 17.2. The Hall–Kier alpha value is -3.17. The van der Waals surface area contributed by atoms with Gasteiger partial charge in [0.2, 0.25) is 5.88 Å². The van der Waals surface area contributed by atoms with Crippen molar-refractivity contribution < 1.29 is 14.3 Å². The van der Waals surface area contributed by atoms with Crippen LogP contribution in [-0.2, 0) is 0 Å². The largest absolute Gasteiger partial charge is 0.476 e. The lowest BCUT2D eigenvalue weighted by molar-refractivity contribution is 0.172. The SMILES string of the molecule is CN(C)C(=O)Oc1ccc(-c2cnn3ccc(OCCN4CCNCC4)nc23)cc1. The Balaban J connectivity index is 1.45. The van der Waals surface area contributed by atoms with E-state index < -0.39 is 6.09 Å². The first-order valence-corrected chi connectivity index (χ1v) is 10.00. The Morgan fingerprint density at radius 1 is 1.17 bits per heavy atom. The summed E-state index contributed by atoms with van der Waals surface area (Å²) in [5, 5.41) is 7.72. The van der Waals surface area contributed by atoms with Gasteiger partial charge in [0.05, 0.1) is 6.20 Å². The maximum atomic E-state index is 11.7. The number of piperazine rings is 1. The molecule has 1 aliphatic rings. The molecule has 1 amide bonds. The first-order chi connectivity index (χ1) is 14.6. The molecule has 4 rings (SSSR count). The second-order valence-corrected chi connectivity index (χ2v) is 7.32. The van der Waals surface area contributed by atoms with Gasteiger partial charge in [0.15, 0.2) is 5.65 Å². The second-order valence-electron chi connectivity index (χ2n) is 7.32. The van der Waals surface area contributed by atoms with Gasteiger partial charge in [0.1, 0.15) is 12.4 Å². The molecule has 1 aromatic carbocycles. The van der Waals surface area contributed by atoms with Crippen LogP contribution in [0.1, 0.15) is 0 Å². The van der Waals surface area contributed by atoms with Gasteiger partial charge in [0.25, 0.3) is 0 Å². The summed E-state index contributed by atoms with van der Waals surface area (Å²) in [7, 11) is 3.29. The molecule has 0 radical (unpaired) electrons. The monoisotopic (exact) mass is 410 g/mol. The lowest BCUT2D eigenvalue weighted by Gasteiger charge is -2.26. The van der Waals surface area contributed by atoms with Crippen LogP contribution < -0.4 is 14.8 Å². The summed E-state index contributed by atoms with van der Waals surface area (Å²) in [6.07, 6.45) is 3.20. The molecular formula is C21H26N6O3. The van der Waals surface area contributed by atoms with E-state index in [1.54, 1.807) is 36.9 Å². The van der Waals surface area contributed by atoms with Crippen molar-refractivity contribution in [3.8, 4) is 22.8 Å². The van der Waals surface area contributed by atoms with E-state index in [9.17, 15) is 4.79 Å². The average molecular weight is 410 g/mol. The van der Waals surface area contributed by atoms with Crippen molar-refractivity contribution in [2.75, 3.05) is 53.4 Å². The maximum Gasteiger partial charge on any atom is 0.414 e. The predicted molar refractivity (Wildman–Crippen MR) is 113 cm³/mol. The van der Waals surface area contributed by atoms with Gasteiger partial charge in [0, 0.05) is 64.6 Å². The van der Waals surface area contributed by atoms with Gasteiger partial charge in [-0.15, -0.1) is 0 Å². The highest BCUT2D eigenvalue weighted by atomic mass is 16.6. The predicted octanol–water partition coefficient (Wildman–Crippen LogP) is 1.74. The van der Waals surface area contributed by atoms with Gasteiger partial charge in [-0.05, 0) is 17.7 Å². The lowest BCUT2D eigenvalue weighted by atomic mass is 10.1. The van der Waals surface area contributed by atoms with Gasteiger partial charge in [-0.25, -0.2) is 9.31 Å². The molecule has 9 nitrogen and oxygen atoms in total. The second kappa shape index (κ2) is 9.10. The van der Waals surface area contributed by atoms with Crippen molar-refractivity contribution in [3.63, 3.8) is 0 Å². The number of fused-ring (bicyclic) bond motifs is 1. The molecule has 30 heavy (non-hydrogen) atoms. The summed E-state index contributed by atoms with van der Waals surface area (Å²) in [5.41, 5.74) is 2.53. The van der Waals surface area contributed by atoms with E-state index in [1.807, 2.05) is 24.4 Å². The van der Waals surface area contributed by atoms with Gasteiger partial charge < -0.3 is 19.7 Å². The molecule has 3 heterocycles. The third-order valence-corrected chi connectivity index (χ3v) is 4.95. The topological polar surface area (TPSA) is 84.2 Å². The highest BCUT2D eigenvalue weighted by molar-refractivity contribution is 5.78. The first kappa shape index (κ1) is 20.1. The number of benzene rings is 1. The van der Waals surface area contributed by atoms with Crippen molar-refractivity contribution in [1.82, 2.24) is 29.7 Å². The fourth-order valence-electron chi connectivity index (χ4n) is 3.25. The van der Waals surface area contributed by atoms with Crippen LogP contribution in [0, 0.1) is 0 Å². The molecule has 3 aromatic rings. The zero-order chi connectivity index (χ0) is 20.9. The van der Waals surface area contributed by atoms with Gasteiger partial charge >= 0.3 is 6.09 Å². The third-order valence-electron chi connectivity index (χ3n) is 4.95. The quantitative estimate of drug-likeness (QED) is 0.663. The molecule has 0 saturated carbocycles. The normalized spacial score (nSPS) is 14.6. The highest BCUT2D eigenvalue weighted by Crippen LogP contribution is 2.26. The molecule has 0 spiro atoms. The molecule has 1 fully saturated rings. The molecule has 1 N–H and O–H groups in total. The molecule has 1 saturated heterocycles. The fraction of sp³-hybridized carbons (Fsp3) is 0.381. The standard InChI is InChI=1S/C21H26N6O3/c1-25(2)21(28)30-17-5-3-16(4-6-17)18-15-23-27-10-7-19(24-20(18)27)29-14-13-26-11-8-22-9-12-26/h3-7,10,15,22H,8-9,11-14H2,1-2H3. The van der Waals surface area contributed by atoms with Crippen LogP contribution in [0.2, 0.25) is 0 Å². The summed E-state index contributed by atoms with van der Waals surface area (Å²) >= 11 is 0. The number of nitrogens with one attached hydrogen (secondary N) is 1. The van der Waals surface area contributed by atoms with E-state index in [0.29, 0.717) is 23.9 Å². The van der Waals surface area contributed by atoms with Crippen LogP contribution >= 0.6 is 0 Å². The molecular weight excluding hydrogens is 384 g/mol. The number of carbonyl (C=O) groups excluding carboxylic acids is 1. The number of aromatic nitrogens is 3. The Morgan fingerprint density at radius 2 is 1.93 bits per heavy atom. The Morgan fingerprint density at radius 3 is 2.67 bits per heavy atom. The van der Waals surface area contributed by atoms with E-state index in [4.69, 9.17) is 9.47 Å². The van der Waals surface area contributed by atoms with Crippen LogP contribution in [0.25, 0.3) is 16.8 Å². The molecule has 0 unspecified atom stereocenters. The minimum Gasteiger partial charge on any atom is -0.476 e. The maximum absolute atomic E-state index is 11.7. The van der Waals surface area contributed by atoms with E-state index in [-0.39, 0.29) is 0 Å².